The lowest BCUT2D eigenvalue weighted by molar-refractivity contribution is -0.135. The summed E-state index contributed by atoms with van der Waals surface area (Å²) in [6.45, 7) is 6.54. The van der Waals surface area contributed by atoms with Crippen molar-refractivity contribution in [1.82, 2.24) is 0 Å². The highest BCUT2D eigenvalue weighted by Crippen LogP contribution is 2.73. The number of hydrogen-bond acceptors (Lipinski definition) is 3. The van der Waals surface area contributed by atoms with Gasteiger partial charge in [0.15, 0.2) is 11.4 Å². The van der Waals surface area contributed by atoms with Crippen molar-refractivity contribution in [2.24, 2.45) is 28.6 Å². The van der Waals surface area contributed by atoms with Crippen LogP contribution < -0.4 is 0 Å². The number of epoxide rings is 1. The van der Waals surface area contributed by atoms with Gasteiger partial charge in [-0.1, -0.05) is 25.5 Å². The van der Waals surface area contributed by atoms with Gasteiger partial charge in [0.25, 0.3) is 0 Å². The van der Waals surface area contributed by atoms with Gasteiger partial charge in [-0.25, -0.2) is 0 Å². The third-order valence-corrected chi connectivity index (χ3v) is 9.03. The van der Waals surface area contributed by atoms with Crippen LogP contribution in [0.25, 0.3) is 0 Å². The first-order valence-corrected chi connectivity index (χ1v) is 9.89. The van der Waals surface area contributed by atoms with E-state index in [0.717, 1.165) is 44.4 Å². The third-order valence-electron chi connectivity index (χ3n) is 9.03. The first-order valence-electron chi connectivity index (χ1n) is 9.89. The van der Waals surface area contributed by atoms with Crippen molar-refractivity contribution in [3.63, 3.8) is 0 Å². The molecule has 0 radical (unpaired) electrons. The van der Waals surface area contributed by atoms with E-state index in [1.54, 1.807) is 6.92 Å². The van der Waals surface area contributed by atoms with E-state index >= 15 is 0 Å². The van der Waals surface area contributed by atoms with E-state index in [9.17, 15) is 9.90 Å². The Balaban J connectivity index is 1.51. The van der Waals surface area contributed by atoms with Crippen LogP contribution in [-0.4, -0.2) is 28.7 Å². The molecule has 0 spiro atoms. The SMILES string of the molecule is CC(=O)[C@]12O[C@@H]1C[C@@H]1[C@H]3CC=C4C[C@@H](O)CC[C@]4(C)[C@@H]3CC[C@@]12C. The van der Waals surface area contributed by atoms with Crippen molar-refractivity contribution in [2.45, 2.75) is 83.5 Å². The molecule has 0 unspecified atom stereocenters. The quantitative estimate of drug-likeness (QED) is 0.590. The Morgan fingerprint density at radius 2 is 2.04 bits per heavy atom. The lowest BCUT2D eigenvalue weighted by Crippen LogP contribution is -2.54. The van der Waals surface area contributed by atoms with E-state index in [1.807, 2.05) is 0 Å². The van der Waals surface area contributed by atoms with Gasteiger partial charge in [-0.3, -0.25) is 4.79 Å². The second-order valence-electron chi connectivity index (χ2n) is 9.75. The van der Waals surface area contributed by atoms with Gasteiger partial charge in [0.05, 0.1) is 12.2 Å². The fourth-order valence-electron chi connectivity index (χ4n) is 7.71. The fraction of sp³-hybridized carbons (Fsp3) is 0.857. The maximum absolute atomic E-state index is 12.4. The van der Waals surface area contributed by atoms with Crippen LogP contribution in [0.1, 0.15) is 65.7 Å². The number of carbonyl (C=O) groups excluding carboxylic acids is 1. The lowest BCUT2D eigenvalue weighted by Gasteiger charge is -2.58. The van der Waals surface area contributed by atoms with Crippen LogP contribution in [0.4, 0.5) is 0 Å². The molecule has 3 nitrogen and oxygen atoms in total. The summed E-state index contributed by atoms with van der Waals surface area (Å²) in [5.74, 6) is 2.31. The van der Waals surface area contributed by atoms with E-state index in [1.165, 1.54) is 12.0 Å². The molecule has 1 N–H and O–H groups in total. The zero-order valence-electron chi connectivity index (χ0n) is 15.2. The number of allylic oxidation sites excluding steroid dienone is 1. The van der Waals surface area contributed by atoms with Crippen LogP contribution in [0.5, 0.6) is 0 Å². The number of hydrogen-bond donors (Lipinski definition) is 1. The van der Waals surface area contributed by atoms with Gasteiger partial charge < -0.3 is 9.84 Å². The molecule has 5 rings (SSSR count). The molecule has 3 saturated carbocycles. The number of rotatable bonds is 1. The van der Waals surface area contributed by atoms with Crippen LogP contribution in [0.3, 0.4) is 0 Å². The van der Waals surface area contributed by atoms with E-state index in [2.05, 4.69) is 19.9 Å². The minimum Gasteiger partial charge on any atom is -0.393 e. The molecule has 132 valence electrons. The van der Waals surface area contributed by atoms with Crippen molar-refractivity contribution in [1.29, 1.82) is 0 Å². The number of ketones is 1. The highest BCUT2D eigenvalue weighted by molar-refractivity contribution is 5.90. The minimum absolute atomic E-state index is 0.0422. The first-order chi connectivity index (χ1) is 11.3. The number of Topliss-reactive ketones (excluding diaryl/α,β-unsaturated/α-hetero) is 1. The molecule has 0 aromatic rings. The summed E-state index contributed by atoms with van der Waals surface area (Å²) in [5.41, 5.74) is 1.39. The third kappa shape index (κ3) is 1.60. The van der Waals surface area contributed by atoms with Crippen LogP contribution in [0.2, 0.25) is 0 Å². The van der Waals surface area contributed by atoms with E-state index < -0.39 is 5.60 Å². The first kappa shape index (κ1) is 15.6. The lowest BCUT2D eigenvalue weighted by atomic mass is 9.47. The number of aliphatic hydroxyl groups is 1. The van der Waals surface area contributed by atoms with Gasteiger partial charge >= 0.3 is 0 Å². The maximum Gasteiger partial charge on any atom is 0.164 e. The molecule has 8 atom stereocenters. The van der Waals surface area contributed by atoms with Gasteiger partial charge in [-0.05, 0) is 75.0 Å². The molecule has 0 amide bonds. The number of fused-ring (bicyclic) bond motifs is 7. The Hall–Kier alpha value is -0.670. The van der Waals surface area contributed by atoms with Crippen molar-refractivity contribution in [3.05, 3.63) is 11.6 Å². The Labute approximate surface area is 144 Å². The molecular formula is C21H30O3. The topological polar surface area (TPSA) is 49.8 Å². The number of carbonyl (C=O) groups is 1. The predicted octanol–water partition coefficient (Wildman–Crippen LogP) is 3.65. The van der Waals surface area contributed by atoms with Gasteiger partial charge in [-0.15, -0.1) is 0 Å². The molecule has 4 fully saturated rings. The summed E-state index contributed by atoms with van der Waals surface area (Å²) in [7, 11) is 0. The summed E-state index contributed by atoms with van der Waals surface area (Å²) >= 11 is 0. The van der Waals surface area contributed by atoms with E-state index in [4.69, 9.17) is 4.74 Å². The van der Waals surface area contributed by atoms with Crippen LogP contribution in [0, 0.1) is 28.6 Å². The van der Waals surface area contributed by atoms with Crippen molar-refractivity contribution in [2.75, 3.05) is 0 Å². The molecule has 0 aromatic carbocycles. The molecular weight excluding hydrogens is 300 g/mol. The van der Waals surface area contributed by atoms with Crippen LogP contribution in [0.15, 0.2) is 11.6 Å². The summed E-state index contributed by atoms with van der Waals surface area (Å²) in [6.07, 6.45) is 10.0. The van der Waals surface area contributed by atoms with Crippen LogP contribution >= 0.6 is 0 Å². The molecule has 1 heterocycles. The predicted molar refractivity (Wildman–Crippen MR) is 91.4 cm³/mol. The Morgan fingerprint density at radius 3 is 2.79 bits per heavy atom. The zero-order chi connectivity index (χ0) is 16.9. The molecule has 5 aliphatic rings. The number of ether oxygens (including phenoxy) is 1. The molecule has 3 heteroatoms. The molecule has 0 bridgehead atoms. The summed E-state index contributed by atoms with van der Waals surface area (Å²) < 4.78 is 6.00. The normalized spacial score (nSPS) is 58.0. The number of aliphatic hydroxyl groups excluding tert-OH is 1. The standard InChI is InChI=1S/C21H30O3/c1-12(22)21-18(24-21)11-17-15-5-4-13-10-14(23)6-8-19(13,2)16(15)7-9-20(17,21)3/h4,14-18,23H,5-11H2,1-3H3/t14-,15-,16+,17+,18+,19-,20-,21-/m0/s1. The second kappa shape index (κ2) is 4.54. The van der Waals surface area contributed by atoms with Crippen molar-refractivity contribution in [3.8, 4) is 0 Å². The van der Waals surface area contributed by atoms with Gasteiger partial charge in [0.1, 0.15) is 0 Å². The maximum atomic E-state index is 12.4. The fourth-order valence-corrected chi connectivity index (χ4v) is 7.71. The van der Waals surface area contributed by atoms with Crippen molar-refractivity contribution < 1.29 is 14.6 Å². The highest BCUT2D eigenvalue weighted by Gasteiger charge is 2.79. The Kier molecular flexibility index (Phi) is 2.94. The average molecular weight is 330 g/mol. The molecule has 24 heavy (non-hydrogen) atoms. The molecule has 4 aliphatic carbocycles. The van der Waals surface area contributed by atoms with Gasteiger partial charge in [0, 0.05) is 5.41 Å². The smallest absolute Gasteiger partial charge is 0.164 e. The summed E-state index contributed by atoms with van der Waals surface area (Å²) in [4.78, 5) is 12.4. The Bertz CT molecular complexity index is 639. The average Bonchev–Trinajstić information content (AvgIpc) is 3.21. The van der Waals surface area contributed by atoms with Crippen LogP contribution in [-0.2, 0) is 9.53 Å². The molecule has 1 saturated heterocycles. The second-order valence-corrected chi connectivity index (χ2v) is 9.75. The Morgan fingerprint density at radius 1 is 1.25 bits per heavy atom. The van der Waals surface area contributed by atoms with Gasteiger partial charge in [-0.2, -0.15) is 0 Å². The van der Waals surface area contributed by atoms with Gasteiger partial charge in [0.2, 0.25) is 0 Å². The zero-order valence-corrected chi connectivity index (χ0v) is 15.2. The monoisotopic (exact) mass is 330 g/mol. The summed E-state index contributed by atoms with van der Waals surface area (Å²) in [5, 5.41) is 10.1. The van der Waals surface area contributed by atoms with Crippen molar-refractivity contribution >= 4 is 5.78 Å². The molecule has 0 aromatic heterocycles. The highest BCUT2D eigenvalue weighted by atomic mass is 16.6. The van der Waals surface area contributed by atoms with E-state index in [-0.39, 0.29) is 28.8 Å². The minimum atomic E-state index is -0.448. The summed E-state index contributed by atoms with van der Waals surface area (Å²) in [6, 6.07) is 0. The largest absolute Gasteiger partial charge is 0.393 e. The van der Waals surface area contributed by atoms with E-state index in [0.29, 0.717) is 11.8 Å². The molecule has 1 aliphatic heterocycles.